The summed E-state index contributed by atoms with van der Waals surface area (Å²) in [5.74, 6) is -0.265. The Hall–Kier alpha value is -2.39. The minimum Gasteiger partial charge on any atom is -0.409 e. The van der Waals surface area contributed by atoms with E-state index in [2.05, 4.69) is 20.1 Å². The summed E-state index contributed by atoms with van der Waals surface area (Å²) in [5.41, 5.74) is 6.10. The van der Waals surface area contributed by atoms with Crippen molar-refractivity contribution in [2.45, 2.75) is 11.1 Å². The van der Waals surface area contributed by atoms with Crippen LogP contribution in [0.3, 0.4) is 0 Å². The van der Waals surface area contributed by atoms with Gasteiger partial charge in [0.1, 0.15) is 6.04 Å². The summed E-state index contributed by atoms with van der Waals surface area (Å²) in [4.78, 5) is 0. The number of amidine groups is 1. The van der Waals surface area contributed by atoms with E-state index in [1.165, 1.54) is 12.3 Å². The molecule has 2 aromatic rings. The van der Waals surface area contributed by atoms with Crippen molar-refractivity contribution in [3.63, 3.8) is 0 Å². The summed E-state index contributed by atoms with van der Waals surface area (Å²) in [6.07, 6.45) is 1.32. The van der Waals surface area contributed by atoms with Crippen molar-refractivity contribution >= 4 is 15.9 Å². The van der Waals surface area contributed by atoms with Crippen LogP contribution in [0.4, 0.5) is 0 Å². The second-order valence-electron chi connectivity index (χ2n) is 3.91. The molecular formula is C11H13N5O3S. The highest BCUT2D eigenvalue weighted by molar-refractivity contribution is 7.89. The van der Waals surface area contributed by atoms with Gasteiger partial charge < -0.3 is 10.9 Å². The number of nitrogens with two attached hydrogens (primary N) is 1. The number of hydrogen-bond acceptors (Lipinski definition) is 5. The van der Waals surface area contributed by atoms with Crippen LogP contribution < -0.4 is 10.5 Å². The van der Waals surface area contributed by atoms with E-state index >= 15 is 0 Å². The van der Waals surface area contributed by atoms with Gasteiger partial charge >= 0.3 is 0 Å². The van der Waals surface area contributed by atoms with Crippen LogP contribution in [-0.4, -0.2) is 29.7 Å². The SMILES string of the molecule is N/C(=N/O)C(NS(=O)(=O)c1ccn[nH]1)c1ccccc1. The molecule has 0 spiro atoms. The van der Waals surface area contributed by atoms with Crippen LogP contribution in [0.15, 0.2) is 52.8 Å². The van der Waals surface area contributed by atoms with Gasteiger partial charge in [-0.2, -0.15) is 9.82 Å². The fourth-order valence-electron chi connectivity index (χ4n) is 1.61. The zero-order chi connectivity index (χ0) is 14.6. The summed E-state index contributed by atoms with van der Waals surface area (Å²) in [7, 11) is -3.86. The standard InChI is InChI=1S/C11H13N5O3S/c12-11(15-17)10(8-4-2-1-3-5-8)16-20(18,19)9-6-7-13-14-9/h1-7,10,16-17H,(H2,12,15)(H,13,14). The molecule has 0 saturated carbocycles. The average Bonchev–Trinajstić information content (AvgIpc) is 3.00. The van der Waals surface area contributed by atoms with Gasteiger partial charge in [0.15, 0.2) is 10.9 Å². The van der Waals surface area contributed by atoms with Gasteiger partial charge in [-0.3, -0.25) is 5.10 Å². The molecule has 0 aliphatic rings. The highest BCUT2D eigenvalue weighted by atomic mass is 32.2. The summed E-state index contributed by atoms with van der Waals surface area (Å²) < 4.78 is 26.6. The molecule has 2 rings (SSSR count). The number of oxime groups is 1. The third-order valence-electron chi connectivity index (χ3n) is 2.58. The molecule has 1 aromatic heterocycles. The Morgan fingerprint density at radius 2 is 2.05 bits per heavy atom. The van der Waals surface area contributed by atoms with Crippen LogP contribution >= 0.6 is 0 Å². The molecule has 8 nitrogen and oxygen atoms in total. The zero-order valence-corrected chi connectivity index (χ0v) is 11.1. The number of H-pyrrole nitrogens is 1. The molecule has 0 saturated heterocycles. The van der Waals surface area contributed by atoms with Gasteiger partial charge in [-0.05, 0) is 11.6 Å². The lowest BCUT2D eigenvalue weighted by molar-refractivity contribution is 0.315. The van der Waals surface area contributed by atoms with E-state index < -0.39 is 16.1 Å². The molecular weight excluding hydrogens is 282 g/mol. The Morgan fingerprint density at radius 3 is 2.60 bits per heavy atom. The number of benzene rings is 1. The molecule has 20 heavy (non-hydrogen) atoms. The monoisotopic (exact) mass is 295 g/mol. The first-order chi connectivity index (χ1) is 9.54. The molecule has 1 aromatic carbocycles. The highest BCUT2D eigenvalue weighted by Crippen LogP contribution is 2.16. The van der Waals surface area contributed by atoms with Crippen molar-refractivity contribution < 1.29 is 13.6 Å². The van der Waals surface area contributed by atoms with E-state index in [1.807, 2.05) is 0 Å². The number of sulfonamides is 1. The Labute approximate surface area is 115 Å². The molecule has 1 unspecified atom stereocenters. The van der Waals surface area contributed by atoms with Crippen molar-refractivity contribution in [1.29, 1.82) is 0 Å². The van der Waals surface area contributed by atoms with Crippen molar-refractivity contribution in [1.82, 2.24) is 14.9 Å². The summed E-state index contributed by atoms with van der Waals surface area (Å²) in [6.45, 7) is 0. The van der Waals surface area contributed by atoms with Crippen molar-refractivity contribution in [3.8, 4) is 0 Å². The first-order valence-corrected chi connectivity index (χ1v) is 7.07. The third kappa shape index (κ3) is 2.95. The van der Waals surface area contributed by atoms with E-state index in [0.717, 1.165) is 0 Å². The van der Waals surface area contributed by atoms with Gasteiger partial charge in [-0.25, -0.2) is 8.42 Å². The topological polar surface area (TPSA) is 133 Å². The van der Waals surface area contributed by atoms with Crippen LogP contribution in [0.2, 0.25) is 0 Å². The maximum absolute atomic E-state index is 12.1. The maximum Gasteiger partial charge on any atom is 0.258 e. The van der Waals surface area contributed by atoms with Crippen LogP contribution in [0, 0.1) is 0 Å². The molecule has 0 aliphatic carbocycles. The number of hydrogen-bond donors (Lipinski definition) is 4. The number of aromatic amines is 1. The molecule has 106 valence electrons. The van der Waals surface area contributed by atoms with E-state index in [4.69, 9.17) is 10.9 Å². The minimum absolute atomic E-state index is 0.107. The molecule has 1 heterocycles. The molecule has 0 bridgehead atoms. The first kappa shape index (κ1) is 14.0. The third-order valence-corrected chi connectivity index (χ3v) is 3.93. The fourth-order valence-corrected chi connectivity index (χ4v) is 2.72. The van der Waals surface area contributed by atoms with E-state index in [0.29, 0.717) is 5.56 Å². The first-order valence-electron chi connectivity index (χ1n) is 5.58. The summed E-state index contributed by atoms with van der Waals surface area (Å²) in [5, 5.41) is 17.5. The van der Waals surface area contributed by atoms with Crippen LogP contribution in [0.1, 0.15) is 11.6 Å². The van der Waals surface area contributed by atoms with Crippen molar-refractivity contribution in [2.24, 2.45) is 10.9 Å². The van der Waals surface area contributed by atoms with Gasteiger partial charge in [-0.1, -0.05) is 35.5 Å². The van der Waals surface area contributed by atoms with Gasteiger partial charge in [-0.15, -0.1) is 0 Å². The van der Waals surface area contributed by atoms with Crippen LogP contribution in [0.25, 0.3) is 0 Å². The second kappa shape index (κ2) is 5.72. The molecule has 5 N–H and O–H groups in total. The summed E-state index contributed by atoms with van der Waals surface area (Å²) in [6, 6.07) is 8.87. The predicted molar refractivity (Wildman–Crippen MR) is 71.5 cm³/mol. The van der Waals surface area contributed by atoms with E-state index in [1.54, 1.807) is 30.3 Å². The fraction of sp³-hybridized carbons (Fsp3) is 0.0909. The highest BCUT2D eigenvalue weighted by Gasteiger charge is 2.25. The maximum atomic E-state index is 12.1. The molecule has 0 radical (unpaired) electrons. The van der Waals surface area contributed by atoms with Crippen LogP contribution in [-0.2, 0) is 10.0 Å². The molecule has 0 fully saturated rings. The number of rotatable bonds is 5. The zero-order valence-electron chi connectivity index (χ0n) is 10.3. The number of nitrogens with one attached hydrogen (secondary N) is 2. The van der Waals surface area contributed by atoms with Crippen molar-refractivity contribution in [2.75, 3.05) is 0 Å². The van der Waals surface area contributed by atoms with Gasteiger partial charge in [0.2, 0.25) is 0 Å². The van der Waals surface area contributed by atoms with E-state index in [-0.39, 0.29) is 10.9 Å². The Bertz CT molecular complexity index is 682. The molecule has 9 heteroatoms. The largest absolute Gasteiger partial charge is 0.409 e. The lowest BCUT2D eigenvalue weighted by Gasteiger charge is -2.17. The minimum atomic E-state index is -3.86. The number of aromatic nitrogens is 2. The molecule has 1 atom stereocenters. The second-order valence-corrected chi connectivity index (χ2v) is 5.59. The predicted octanol–water partition coefficient (Wildman–Crippen LogP) is 0.176. The number of nitrogens with zero attached hydrogens (tertiary/aromatic N) is 2. The smallest absolute Gasteiger partial charge is 0.258 e. The van der Waals surface area contributed by atoms with E-state index in [9.17, 15) is 8.42 Å². The lowest BCUT2D eigenvalue weighted by Crippen LogP contribution is -2.37. The summed E-state index contributed by atoms with van der Waals surface area (Å²) >= 11 is 0. The average molecular weight is 295 g/mol. The quantitative estimate of drug-likeness (QED) is 0.270. The van der Waals surface area contributed by atoms with Crippen molar-refractivity contribution in [3.05, 3.63) is 48.2 Å². The molecule has 0 amide bonds. The Kier molecular flexibility index (Phi) is 4.01. The normalized spacial score (nSPS) is 14.1. The Morgan fingerprint density at radius 1 is 1.35 bits per heavy atom. The van der Waals surface area contributed by atoms with Gasteiger partial charge in [0, 0.05) is 0 Å². The van der Waals surface area contributed by atoms with Gasteiger partial charge in [0.05, 0.1) is 6.20 Å². The Balaban J connectivity index is 2.35. The van der Waals surface area contributed by atoms with Crippen LogP contribution in [0.5, 0.6) is 0 Å². The molecule has 0 aliphatic heterocycles. The lowest BCUT2D eigenvalue weighted by atomic mass is 10.1. The van der Waals surface area contributed by atoms with Gasteiger partial charge in [0.25, 0.3) is 10.0 Å².